The van der Waals surface area contributed by atoms with Gasteiger partial charge in [0, 0.05) is 57.6 Å². The van der Waals surface area contributed by atoms with Crippen molar-refractivity contribution in [2.24, 2.45) is 11.8 Å². The van der Waals surface area contributed by atoms with Crippen molar-refractivity contribution in [3.8, 4) is 0 Å². The summed E-state index contributed by atoms with van der Waals surface area (Å²) in [6.07, 6.45) is 6.68. The molecule has 0 radical (unpaired) electrons. The van der Waals surface area contributed by atoms with Gasteiger partial charge in [-0.1, -0.05) is 48.3 Å². The van der Waals surface area contributed by atoms with Gasteiger partial charge in [0.2, 0.25) is 0 Å². The van der Waals surface area contributed by atoms with Gasteiger partial charge in [0.25, 0.3) is 0 Å². The number of hydrogen-bond donors (Lipinski definition) is 3. The molecule has 0 aliphatic heterocycles. The Morgan fingerprint density at radius 1 is 0.700 bits per heavy atom. The van der Waals surface area contributed by atoms with Crippen LogP contribution in [0.1, 0.15) is 52.4 Å². The van der Waals surface area contributed by atoms with Crippen LogP contribution in [0.15, 0.2) is 0 Å². The third-order valence-electron chi connectivity index (χ3n) is 6.12. The Balaban J connectivity index is 4.02. The summed E-state index contributed by atoms with van der Waals surface area (Å²) in [6, 6.07) is 1.70. The zero-order valence-corrected chi connectivity index (χ0v) is 23.4. The van der Waals surface area contributed by atoms with Crippen molar-refractivity contribution in [2.75, 3.05) is 51.5 Å². The molecule has 0 saturated heterocycles. The summed E-state index contributed by atoms with van der Waals surface area (Å²) in [5.74, 6) is 3.33. The number of hydrogen-bond acceptors (Lipinski definition) is 8. The van der Waals surface area contributed by atoms with Gasteiger partial charge >= 0.3 is 8.80 Å². The van der Waals surface area contributed by atoms with E-state index in [1.807, 2.05) is 21.6 Å². The highest BCUT2D eigenvalue weighted by molar-refractivity contribution is 8.76. The van der Waals surface area contributed by atoms with E-state index in [0.29, 0.717) is 11.8 Å². The minimum absolute atomic E-state index is 0.0252. The third kappa shape index (κ3) is 11.7. The topological polar surface area (TPSA) is 88.4 Å². The molecule has 0 bridgehead atoms. The normalized spacial score (nSPS) is 14.8. The van der Waals surface area contributed by atoms with Crippen LogP contribution in [-0.4, -0.2) is 83.7 Å². The van der Waals surface area contributed by atoms with Gasteiger partial charge in [0.1, 0.15) is 8.07 Å². The molecule has 2 unspecified atom stereocenters. The lowest BCUT2D eigenvalue weighted by Gasteiger charge is -2.29. The molecule has 0 aromatic carbocycles. The largest absolute Gasteiger partial charge is 0.500 e. The molecule has 3 N–H and O–H groups in total. The quantitative estimate of drug-likeness (QED) is 0.124. The van der Waals surface area contributed by atoms with E-state index in [-0.39, 0.29) is 18.7 Å². The molecule has 0 heterocycles. The average Bonchev–Trinajstić information content (AvgIpc) is 2.80. The molecular formula is C20H46O6S2Si2. The monoisotopic (exact) mass is 502 g/mol. The van der Waals surface area contributed by atoms with E-state index in [1.165, 1.54) is 12.8 Å². The predicted molar refractivity (Wildman–Crippen MR) is 134 cm³/mol. The first-order valence-corrected chi connectivity index (χ1v) is 18.4. The molecule has 0 aromatic rings. The van der Waals surface area contributed by atoms with Gasteiger partial charge in [-0.15, -0.1) is 0 Å². The first kappa shape index (κ1) is 30.9. The SMILES string of the molecule is CCC(CCCSSCCCC(CC)C[Si](OC)(OC)OC)C[Si](CO)(CO)CO. The molecule has 0 saturated carbocycles. The van der Waals surface area contributed by atoms with Gasteiger partial charge < -0.3 is 28.6 Å². The maximum atomic E-state index is 9.59. The van der Waals surface area contributed by atoms with Crippen LogP contribution in [0.2, 0.25) is 12.1 Å². The van der Waals surface area contributed by atoms with Crippen LogP contribution in [0.3, 0.4) is 0 Å². The van der Waals surface area contributed by atoms with E-state index < -0.39 is 16.9 Å². The third-order valence-corrected chi connectivity index (χ3v) is 15.1. The van der Waals surface area contributed by atoms with E-state index in [1.54, 1.807) is 21.3 Å². The summed E-state index contributed by atoms with van der Waals surface area (Å²) >= 11 is 0. The molecule has 0 aliphatic rings. The molecule has 30 heavy (non-hydrogen) atoms. The number of rotatable bonds is 21. The summed E-state index contributed by atoms with van der Waals surface area (Å²) in [6.45, 7) is 4.38. The zero-order valence-electron chi connectivity index (χ0n) is 19.7. The number of aliphatic hydroxyl groups is 3. The fraction of sp³-hybridized carbons (Fsp3) is 1.00. The lowest BCUT2D eigenvalue weighted by molar-refractivity contribution is 0.117. The Morgan fingerprint density at radius 2 is 1.10 bits per heavy atom. The fourth-order valence-corrected chi connectivity index (χ4v) is 10.5. The molecule has 0 rings (SSSR count). The van der Waals surface area contributed by atoms with Crippen LogP contribution < -0.4 is 0 Å². The first-order chi connectivity index (χ1) is 14.4. The standard InChI is InChI=1S/C20H46O6S2Si2/c1-6-19(14-29(16-21,17-22)18-23)10-8-12-27-28-13-9-11-20(7-2)15-30(24-3,25-4)26-5/h19-23H,6-18H2,1-5H3. The summed E-state index contributed by atoms with van der Waals surface area (Å²) in [5, 5.41) is 28.8. The Hall–Kier alpha value is 0.894. The summed E-state index contributed by atoms with van der Waals surface area (Å²) < 4.78 is 16.7. The lowest BCUT2D eigenvalue weighted by Crippen LogP contribution is -2.49. The van der Waals surface area contributed by atoms with Gasteiger partial charge in [-0.2, -0.15) is 0 Å². The smallest absolute Gasteiger partial charge is 0.399 e. The van der Waals surface area contributed by atoms with Gasteiger partial charge in [0.15, 0.2) is 0 Å². The van der Waals surface area contributed by atoms with Crippen molar-refractivity contribution in [3.05, 3.63) is 0 Å². The number of aliphatic hydroxyl groups excluding tert-OH is 3. The molecule has 0 spiro atoms. The van der Waals surface area contributed by atoms with E-state index in [9.17, 15) is 15.3 Å². The molecule has 0 fully saturated rings. The molecule has 6 nitrogen and oxygen atoms in total. The van der Waals surface area contributed by atoms with E-state index in [0.717, 1.165) is 49.3 Å². The Bertz CT molecular complexity index is 349. The Labute approximate surface area is 194 Å². The highest BCUT2D eigenvalue weighted by atomic mass is 33.1. The van der Waals surface area contributed by atoms with Crippen LogP contribution in [-0.2, 0) is 13.3 Å². The van der Waals surface area contributed by atoms with Gasteiger partial charge in [-0.05, 0) is 43.6 Å². The summed E-state index contributed by atoms with van der Waals surface area (Å²) in [4.78, 5) is 0. The minimum atomic E-state index is -2.48. The zero-order chi connectivity index (χ0) is 22.9. The predicted octanol–water partition coefficient (Wildman–Crippen LogP) is 3.90. The Kier molecular flexibility index (Phi) is 18.9. The molecular weight excluding hydrogens is 457 g/mol. The maximum absolute atomic E-state index is 9.59. The van der Waals surface area contributed by atoms with E-state index in [2.05, 4.69) is 13.8 Å². The molecule has 182 valence electrons. The van der Waals surface area contributed by atoms with Crippen molar-refractivity contribution in [1.29, 1.82) is 0 Å². The summed E-state index contributed by atoms with van der Waals surface area (Å²) in [5.41, 5.74) is 0. The highest BCUT2D eigenvalue weighted by Crippen LogP contribution is 2.30. The average molecular weight is 503 g/mol. The van der Waals surface area contributed by atoms with Crippen LogP contribution in [0.25, 0.3) is 0 Å². The maximum Gasteiger partial charge on any atom is 0.500 e. The lowest BCUT2D eigenvalue weighted by atomic mass is 10.0. The molecule has 10 heteroatoms. The van der Waals surface area contributed by atoms with Crippen LogP contribution in [0, 0.1) is 11.8 Å². The van der Waals surface area contributed by atoms with Crippen molar-refractivity contribution < 1.29 is 28.6 Å². The first-order valence-electron chi connectivity index (χ1n) is 11.2. The second kappa shape index (κ2) is 18.3. The van der Waals surface area contributed by atoms with Crippen LogP contribution in [0.4, 0.5) is 0 Å². The second-order valence-electron chi connectivity index (χ2n) is 8.15. The van der Waals surface area contributed by atoms with Crippen molar-refractivity contribution in [1.82, 2.24) is 0 Å². The van der Waals surface area contributed by atoms with E-state index >= 15 is 0 Å². The highest BCUT2D eigenvalue weighted by Gasteiger charge is 2.39. The van der Waals surface area contributed by atoms with Crippen molar-refractivity contribution in [2.45, 2.75) is 64.5 Å². The molecule has 0 aromatic heterocycles. The molecule has 2 atom stereocenters. The van der Waals surface area contributed by atoms with E-state index in [4.69, 9.17) is 13.3 Å². The second-order valence-corrected chi connectivity index (χ2v) is 18.2. The van der Waals surface area contributed by atoms with Gasteiger partial charge in [-0.3, -0.25) is 0 Å². The Morgan fingerprint density at radius 3 is 1.43 bits per heavy atom. The fourth-order valence-electron chi connectivity index (χ4n) is 3.69. The van der Waals surface area contributed by atoms with Crippen LogP contribution >= 0.6 is 21.6 Å². The van der Waals surface area contributed by atoms with Gasteiger partial charge in [-0.25, -0.2) is 0 Å². The molecule has 0 amide bonds. The summed E-state index contributed by atoms with van der Waals surface area (Å²) in [7, 11) is 4.15. The van der Waals surface area contributed by atoms with Crippen molar-refractivity contribution in [3.63, 3.8) is 0 Å². The molecule has 0 aliphatic carbocycles. The van der Waals surface area contributed by atoms with Crippen molar-refractivity contribution >= 4 is 38.5 Å². The van der Waals surface area contributed by atoms with Crippen LogP contribution in [0.5, 0.6) is 0 Å². The minimum Gasteiger partial charge on any atom is -0.399 e. The van der Waals surface area contributed by atoms with Gasteiger partial charge in [0.05, 0.1) is 0 Å².